The maximum Gasteiger partial charge on any atom is 0.416 e. The molecule has 4 N–H and O–H groups in total. The summed E-state index contributed by atoms with van der Waals surface area (Å²) in [4.78, 5) is 22.2. The van der Waals surface area contributed by atoms with Crippen molar-refractivity contribution in [2.24, 2.45) is 0 Å². The number of alkyl halides is 3. The van der Waals surface area contributed by atoms with Gasteiger partial charge in [0.1, 0.15) is 5.82 Å². The van der Waals surface area contributed by atoms with E-state index in [1.165, 1.54) is 24.3 Å². The second-order valence-corrected chi connectivity index (χ2v) is 12.6. The number of nitrogens with zero attached hydrogens (tertiary/aromatic N) is 2. The van der Waals surface area contributed by atoms with Crippen LogP contribution in [0.1, 0.15) is 37.0 Å². The first-order valence-electron chi connectivity index (χ1n) is 13.9. The normalized spacial score (nSPS) is 15.0. The highest BCUT2D eigenvalue weighted by Gasteiger charge is 2.34. The van der Waals surface area contributed by atoms with Crippen molar-refractivity contribution in [3.05, 3.63) is 95.7 Å². The third kappa shape index (κ3) is 7.00. The molecule has 13 heteroatoms. The van der Waals surface area contributed by atoms with Crippen molar-refractivity contribution < 1.29 is 26.4 Å². The topological polar surface area (TPSA) is 125 Å². The Morgan fingerprint density at radius 1 is 0.955 bits per heavy atom. The first-order valence-corrected chi connectivity index (χ1v) is 15.3. The molecular formula is C31H31F3N6O3S. The molecule has 4 bridgehead atoms. The SMILES string of the molecule is CC(C)(C(=O)NCc1ccc(-c2cnc3nc2NCCCNS(=O)(=O)c2cccc(c2)N3)cc1)c1cccc(C(F)(F)F)c1. The van der Waals surface area contributed by atoms with E-state index in [0.717, 1.165) is 28.8 Å². The highest BCUT2D eigenvalue weighted by atomic mass is 32.2. The number of amides is 1. The van der Waals surface area contributed by atoms with Gasteiger partial charge in [-0.15, -0.1) is 0 Å². The minimum Gasteiger partial charge on any atom is -0.369 e. The summed E-state index contributed by atoms with van der Waals surface area (Å²) in [5.41, 5.74) is 1.13. The van der Waals surface area contributed by atoms with Gasteiger partial charge in [0.05, 0.1) is 15.9 Å². The van der Waals surface area contributed by atoms with Crippen LogP contribution in [-0.4, -0.2) is 37.4 Å². The van der Waals surface area contributed by atoms with Gasteiger partial charge in [-0.2, -0.15) is 18.2 Å². The van der Waals surface area contributed by atoms with Gasteiger partial charge in [-0.05, 0) is 61.2 Å². The largest absolute Gasteiger partial charge is 0.416 e. The van der Waals surface area contributed by atoms with Gasteiger partial charge in [0.15, 0.2) is 0 Å². The zero-order valence-corrected chi connectivity index (χ0v) is 24.8. The number of benzene rings is 3. The zero-order chi connectivity index (χ0) is 31.5. The lowest BCUT2D eigenvalue weighted by atomic mass is 9.83. The first kappa shape index (κ1) is 31.0. The molecule has 0 unspecified atom stereocenters. The van der Waals surface area contributed by atoms with Gasteiger partial charge in [0.2, 0.25) is 21.9 Å². The van der Waals surface area contributed by atoms with Crippen molar-refractivity contribution in [1.29, 1.82) is 0 Å². The summed E-state index contributed by atoms with van der Waals surface area (Å²) in [5.74, 6) is 0.450. The minimum atomic E-state index is -4.50. The third-order valence-electron chi connectivity index (χ3n) is 7.32. The van der Waals surface area contributed by atoms with Gasteiger partial charge in [-0.1, -0.05) is 48.5 Å². The van der Waals surface area contributed by atoms with Crippen LogP contribution in [0.5, 0.6) is 0 Å². The zero-order valence-electron chi connectivity index (χ0n) is 24.0. The molecule has 3 aromatic carbocycles. The number of carbonyl (C=O) groups excluding carboxylic acids is 1. The fourth-order valence-electron chi connectivity index (χ4n) is 4.66. The van der Waals surface area contributed by atoms with E-state index in [0.29, 0.717) is 30.4 Å². The Labute approximate surface area is 253 Å². The van der Waals surface area contributed by atoms with Crippen molar-refractivity contribution in [1.82, 2.24) is 20.0 Å². The Balaban J connectivity index is 1.30. The van der Waals surface area contributed by atoms with Crippen LogP contribution in [0.3, 0.4) is 0 Å². The lowest BCUT2D eigenvalue weighted by molar-refractivity contribution is -0.138. The molecule has 1 amide bonds. The number of fused-ring (bicyclic) bond motifs is 4. The van der Waals surface area contributed by atoms with Gasteiger partial charge in [0.25, 0.3) is 0 Å². The molecule has 0 aliphatic carbocycles. The van der Waals surface area contributed by atoms with E-state index in [-0.39, 0.29) is 23.5 Å². The molecule has 44 heavy (non-hydrogen) atoms. The van der Waals surface area contributed by atoms with E-state index in [1.807, 2.05) is 24.3 Å². The number of aromatic nitrogens is 2. The molecule has 0 radical (unpaired) electrons. The smallest absolute Gasteiger partial charge is 0.369 e. The molecule has 4 aromatic rings. The Bertz CT molecular complexity index is 1780. The number of sulfonamides is 1. The average molecular weight is 625 g/mol. The average Bonchev–Trinajstić information content (AvgIpc) is 3.00. The lowest BCUT2D eigenvalue weighted by Gasteiger charge is -2.25. The fourth-order valence-corrected chi connectivity index (χ4v) is 5.78. The van der Waals surface area contributed by atoms with Crippen molar-refractivity contribution in [2.45, 2.75) is 43.3 Å². The van der Waals surface area contributed by atoms with Crippen molar-refractivity contribution in [2.75, 3.05) is 23.7 Å². The number of rotatable bonds is 5. The van der Waals surface area contributed by atoms with E-state index in [1.54, 1.807) is 32.2 Å². The first-order chi connectivity index (χ1) is 20.8. The highest BCUT2D eigenvalue weighted by molar-refractivity contribution is 7.89. The maximum atomic E-state index is 13.2. The minimum absolute atomic E-state index is 0.141. The van der Waals surface area contributed by atoms with Crippen LogP contribution < -0.4 is 20.7 Å². The van der Waals surface area contributed by atoms with Crippen molar-refractivity contribution >= 4 is 33.4 Å². The van der Waals surface area contributed by atoms with Gasteiger partial charge in [-0.3, -0.25) is 4.79 Å². The number of hydrogen-bond acceptors (Lipinski definition) is 7. The van der Waals surface area contributed by atoms with Crippen LogP contribution >= 0.6 is 0 Å². The summed E-state index contributed by atoms with van der Waals surface area (Å²) in [6.45, 7) is 4.05. The molecule has 0 spiro atoms. The Morgan fingerprint density at radius 3 is 2.43 bits per heavy atom. The summed E-state index contributed by atoms with van der Waals surface area (Å²) in [6.07, 6.45) is -2.31. The van der Waals surface area contributed by atoms with Crippen LogP contribution in [0.4, 0.5) is 30.6 Å². The van der Waals surface area contributed by atoms with E-state index >= 15 is 0 Å². The standard InChI is InChI=1S/C31H31F3N6O3S/c1-30(2,22-6-3-7-23(16-22)31(32,33)34)28(41)36-18-20-10-12-21(13-11-20)26-19-37-29-39-24-8-4-9-25(17-24)44(42,43)38-15-5-14-35-27(26)40-29/h3-4,6-13,16-17,19,38H,5,14-15,18H2,1-2H3,(H,36,41)(H2,35,37,39,40). The molecule has 9 nitrogen and oxygen atoms in total. The fraction of sp³-hybridized carbons (Fsp3) is 0.258. The van der Waals surface area contributed by atoms with E-state index in [9.17, 15) is 26.4 Å². The van der Waals surface area contributed by atoms with Crippen LogP contribution in [0.2, 0.25) is 0 Å². The molecule has 1 aromatic heterocycles. The van der Waals surface area contributed by atoms with Crippen molar-refractivity contribution in [3.63, 3.8) is 0 Å². The van der Waals surface area contributed by atoms with E-state index < -0.39 is 33.1 Å². The van der Waals surface area contributed by atoms with Crippen LogP contribution in [0.15, 0.2) is 83.9 Å². The molecule has 2 heterocycles. The Morgan fingerprint density at radius 2 is 1.68 bits per heavy atom. The van der Waals surface area contributed by atoms with E-state index in [4.69, 9.17) is 0 Å². The number of hydrogen-bond donors (Lipinski definition) is 4. The summed E-state index contributed by atoms with van der Waals surface area (Å²) >= 11 is 0. The predicted octanol–water partition coefficient (Wildman–Crippen LogP) is 5.59. The van der Waals surface area contributed by atoms with E-state index in [2.05, 4.69) is 30.6 Å². The van der Waals surface area contributed by atoms with Gasteiger partial charge >= 0.3 is 6.18 Å². The molecule has 1 aliphatic rings. The van der Waals surface area contributed by atoms with Crippen LogP contribution in [-0.2, 0) is 33.0 Å². The summed E-state index contributed by atoms with van der Waals surface area (Å²) in [7, 11) is -3.66. The van der Waals surface area contributed by atoms with Gasteiger partial charge < -0.3 is 16.0 Å². The molecule has 0 fully saturated rings. The molecular weight excluding hydrogens is 593 g/mol. The maximum absolute atomic E-state index is 13.2. The second kappa shape index (κ2) is 12.2. The molecule has 230 valence electrons. The molecule has 1 aliphatic heterocycles. The van der Waals surface area contributed by atoms with Crippen LogP contribution in [0, 0.1) is 0 Å². The summed E-state index contributed by atoms with van der Waals surface area (Å²) in [6, 6.07) is 18.6. The van der Waals surface area contributed by atoms with Gasteiger partial charge in [-0.25, -0.2) is 18.1 Å². The number of nitrogens with one attached hydrogen (secondary N) is 4. The van der Waals surface area contributed by atoms with Gasteiger partial charge in [0, 0.05) is 37.1 Å². The monoisotopic (exact) mass is 624 g/mol. The highest BCUT2D eigenvalue weighted by Crippen LogP contribution is 2.33. The second-order valence-electron chi connectivity index (χ2n) is 10.9. The summed E-state index contributed by atoms with van der Waals surface area (Å²) in [5, 5.41) is 9.16. The quantitative estimate of drug-likeness (QED) is 0.228. The van der Waals surface area contributed by atoms with Crippen LogP contribution in [0.25, 0.3) is 11.1 Å². The predicted molar refractivity (Wildman–Crippen MR) is 162 cm³/mol. The number of halogens is 3. The number of carbonyl (C=O) groups is 1. The number of anilines is 3. The molecule has 5 rings (SSSR count). The lowest BCUT2D eigenvalue weighted by Crippen LogP contribution is -2.39. The molecule has 0 saturated heterocycles. The van der Waals surface area contributed by atoms with Crippen molar-refractivity contribution in [3.8, 4) is 11.1 Å². The Kier molecular flexibility index (Phi) is 8.62. The summed E-state index contributed by atoms with van der Waals surface area (Å²) < 4.78 is 67.4. The Hall–Kier alpha value is -4.49. The molecule has 0 atom stereocenters. The third-order valence-corrected chi connectivity index (χ3v) is 8.78. The molecule has 0 saturated carbocycles.